The highest BCUT2D eigenvalue weighted by molar-refractivity contribution is 5.67. The van der Waals surface area contributed by atoms with Gasteiger partial charge in [0, 0.05) is 5.56 Å². The predicted molar refractivity (Wildman–Crippen MR) is 77.9 cm³/mol. The van der Waals surface area contributed by atoms with Crippen molar-refractivity contribution in [1.82, 2.24) is 0 Å². The van der Waals surface area contributed by atoms with Gasteiger partial charge in [-0.2, -0.15) is 5.26 Å². The average molecular weight is 270 g/mol. The zero-order valence-corrected chi connectivity index (χ0v) is 12.2. The van der Waals surface area contributed by atoms with Crippen molar-refractivity contribution in [3.05, 3.63) is 46.9 Å². The fourth-order valence-corrected chi connectivity index (χ4v) is 2.32. The van der Waals surface area contributed by atoms with E-state index in [-0.39, 0.29) is 6.04 Å². The molecule has 4 heteroatoms. The zero-order chi connectivity index (χ0) is 14.7. The molecule has 0 aliphatic rings. The van der Waals surface area contributed by atoms with Crippen molar-refractivity contribution in [3.63, 3.8) is 0 Å². The van der Waals surface area contributed by atoms with Gasteiger partial charge in [0.15, 0.2) is 0 Å². The van der Waals surface area contributed by atoms with Gasteiger partial charge in [0.2, 0.25) is 0 Å². The SMILES string of the molecule is COc1cccc(C#N)c1NC(C)c1cc(C)oc1C. The third kappa shape index (κ3) is 2.62. The predicted octanol–water partition coefficient (Wildman–Crippen LogP) is 3.95. The molecule has 2 rings (SSSR count). The second-order valence-corrected chi connectivity index (χ2v) is 4.73. The third-order valence-electron chi connectivity index (χ3n) is 3.27. The van der Waals surface area contributed by atoms with Crippen molar-refractivity contribution in [3.8, 4) is 11.8 Å². The lowest BCUT2D eigenvalue weighted by Crippen LogP contribution is -2.09. The summed E-state index contributed by atoms with van der Waals surface area (Å²) in [6, 6.07) is 9.62. The van der Waals surface area contributed by atoms with E-state index >= 15 is 0 Å². The number of anilines is 1. The van der Waals surface area contributed by atoms with Crippen LogP contribution in [-0.2, 0) is 0 Å². The number of benzene rings is 1. The van der Waals surface area contributed by atoms with Crippen molar-refractivity contribution in [2.75, 3.05) is 12.4 Å². The van der Waals surface area contributed by atoms with Crippen molar-refractivity contribution in [2.24, 2.45) is 0 Å². The Kier molecular flexibility index (Phi) is 3.99. The van der Waals surface area contributed by atoms with Crippen LogP contribution in [0.5, 0.6) is 5.75 Å². The van der Waals surface area contributed by atoms with Crippen molar-refractivity contribution in [2.45, 2.75) is 26.8 Å². The summed E-state index contributed by atoms with van der Waals surface area (Å²) in [6.45, 7) is 5.89. The molecule has 0 saturated heterocycles. The maximum Gasteiger partial charge on any atom is 0.143 e. The van der Waals surface area contributed by atoms with Crippen LogP contribution in [-0.4, -0.2) is 7.11 Å². The van der Waals surface area contributed by atoms with Crippen LogP contribution in [0.1, 0.15) is 35.6 Å². The molecule has 0 aliphatic carbocycles. The van der Waals surface area contributed by atoms with Crippen LogP contribution < -0.4 is 10.1 Å². The molecule has 104 valence electrons. The molecular weight excluding hydrogens is 252 g/mol. The minimum absolute atomic E-state index is 0.0239. The first kappa shape index (κ1) is 14.0. The molecule has 0 amide bonds. The maximum absolute atomic E-state index is 9.22. The standard InChI is InChI=1S/C16H18N2O2/c1-10-8-14(12(3)20-10)11(2)18-16-13(9-17)6-5-7-15(16)19-4/h5-8,11,18H,1-4H3. The van der Waals surface area contributed by atoms with Gasteiger partial charge in [-0.1, -0.05) is 6.07 Å². The number of nitrogens with one attached hydrogen (secondary N) is 1. The Labute approximate surface area is 119 Å². The first-order chi connectivity index (χ1) is 9.56. The molecule has 0 saturated carbocycles. The number of hydrogen-bond acceptors (Lipinski definition) is 4. The minimum atomic E-state index is 0.0239. The number of methoxy groups -OCH3 is 1. The van der Waals surface area contributed by atoms with Crippen LogP contribution in [0.2, 0.25) is 0 Å². The molecular formula is C16H18N2O2. The van der Waals surface area contributed by atoms with Gasteiger partial charge >= 0.3 is 0 Å². The minimum Gasteiger partial charge on any atom is -0.495 e. The molecule has 0 fully saturated rings. The Morgan fingerprint density at radius 1 is 1.35 bits per heavy atom. The van der Waals surface area contributed by atoms with E-state index in [2.05, 4.69) is 11.4 Å². The molecule has 1 unspecified atom stereocenters. The van der Waals surface area contributed by atoms with Gasteiger partial charge in [-0.15, -0.1) is 0 Å². The molecule has 0 aliphatic heterocycles. The summed E-state index contributed by atoms with van der Waals surface area (Å²) in [4.78, 5) is 0. The second-order valence-electron chi connectivity index (χ2n) is 4.73. The van der Waals surface area contributed by atoms with Crippen LogP contribution in [0.4, 0.5) is 5.69 Å². The molecule has 4 nitrogen and oxygen atoms in total. The zero-order valence-electron chi connectivity index (χ0n) is 12.2. The van der Waals surface area contributed by atoms with Crippen LogP contribution in [0.15, 0.2) is 28.7 Å². The normalized spacial score (nSPS) is 11.8. The molecule has 0 radical (unpaired) electrons. The van der Waals surface area contributed by atoms with E-state index in [1.54, 1.807) is 19.2 Å². The topological polar surface area (TPSA) is 58.2 Å². The number of ether oxygens (including phenoxy) is 1. The largest absolute Gasteiger partial charge is 0.495 e. The van der Waals surface area contributed by atoms with E-state index in [0.717, 1.165) is 17.1 Å². The average Bonchev–Trinajstić information content (AvgIpc) is 2.78. The Morgan fingerprint density at radius 2 is 2.10 bits per heavy atom. The van der Waals surface area contributed by atoms with Gasteiger partial charge in [0.05, 0.1) is 24.4 Å². The van der Waals surface area contributed by atoms with Crippen LogP contribution in [0.25, 0.3) is 0 Å². The summed E-state index contributed by atoms with van der Waals surface area (Å²) >= 11 is 0. The Balaban J connectivity index is 2.35. The highest BCUT2D eigenvalue weighted by Crippen LogP contribution is 2.32. The van der Waals surface area contributed by atoms with Crippen molar-refractivity contribution < 1.29 is 9.15 Å². The summed E-state index contributed by atoms with van der Waals surface area (Å²) in [5.74, 6) is 2.43. The number of furan rings is 1. The number of aryl methyl sites for hydroxylation is 2. The Bertz CT molecular complexity index is 653. The first-order valence-electron chi connectivity index (χ1n) is 6.47. The van der Waals surface area contributed by atoms with Crippen LogP contribution >= 0.6 is 0 Å². The highest BCUT2D eigenvalue weighted by atomic mass is 16.5. The fraction of sp³-hybridized carbons (Fsp3) is 0.312. The van der Waals surface area contributed by atoms with Crippen molar-refractivity contribution >= 4 is 5.69 Å². The van der Waals surface area contributed by atoms with Gasteiger partial charge in [0.1, 0.15) is 23.3 Å². The van der Waals surface area contributed by atoms with E-state index in [1.165, 1.54) is 0 Å². The lowest BCUT2D eigenvalue weighted by Gasteiger charge is -2.18. The molecule has 1 atom stereocenters. The molecule has 0 bridgehead atoms. The summed E-state index contributed by atoms with van der Waals surface area (Å²) in [6.07, 6.45) is 0. The molecule has 1 N–H and O–H groups in total. The van der Waals surface area contributed by atoms with E-state index in [1.807, 2.05) is 32.9 Å². The number of para-hydroxylation sites is 1. The Morgan fingerprint density at radius 3 is 2.65 bits per heavy atom. The monoisotopic (exact) mass is 270 g/mol. The lowest BCUT2D eigenvalue weighted by molar-refractivity contribution is 0.416. The smallest absolute Gasteiger partial charge is 0.143 e. The van der Waals surface area contributed by atoms with Crippen LogP contribution in [0, 0.1) is 25.2 Å². The number of nitriles is 1. The van der Waals surface area contributed by atoms with Gasteiger partial charge in [-0.05, 0) is 39.0 Å². The summed E-state index contributed by atoms with van der Waals surface area (Å²) < 4.78 is 10.9. The first-order valence-corrected chi connectivity index (χ1v) is 6.47. The molecule has 1 aromatic carbocycles. The third-order valence-corrected chi connectivity index (χ3v) is 3.27. The van der Waals surface area contributed by atoms with Gasteiger partial charge in [-0.25, -0.2) is 0 Å². The highest BCUT2D eigenvalue weighted by Gasteiger charge is 2.16. The molecule has 20 heavy (non-hydrogen) atoms. The second kappa shape index (κ2) is 5.70. The molecule has 1 heterocycles. The van der Waals surface area contributed by atoms with Crippen molar-refractivity contribution in [1.29, 1.82) is 5.26 Å². The van der Waals surface area contributed by atoms with Crippen LogP contribution in [0.3, 0.4) is 0 Å². The summed E-state index contributed by atoms with van der Waals surface area (Å²) in [5, 5.41) is 12.6. The maximum atomic E-state index is 9.22. The van der Waals surface area contributed by atoms with Gasteiger partial charge in [-0.3, -0.25) is 0 Å². The summed E-state index contributed by atoms with van der Waals surface area (Å²) in [5.41, 5.74) is 2.36. The van der Waals surface area contributed by atoms with E-state index in [4.69, 9.17) is 9.15 Å². The van der Waals surface area contributed by atoms with Gasteiger partial charge in [0.25, 0.3) is 0 Å². The Hall–Kier alpha value is -2.41. The molecule has 2 aromatic rings. The van der Waals surface area contributed by atoms with E-state index in [9.17, 15) is 5.26 Å². The quantitative estimate of drug-likeness (QED) is 0.913. The van der Waals surface area contributed by atoms with Gasteiger partial charge < -0.3 is 14.5 Å². The lowest BCUT2D eigenvalue weighted by atomic mass is 10.1. The molecule has 1 aromatic heterocycles. The molecule has 0 spiro atoms. The van der Waals surface area contributed by atoms with E-state index < -0.39 is 0 Å². The number of nitrogens with zero attached hydrogens (tertiary/aromatic N) is 1. The number of rotatable bonds is 4. The summed E-state index contributed by atoms with van der Waals surface area (Å²) in [7, 11) is 1.60. The number of hydrogen-bond donors (Lipinski definition) is 1. The fourth-order valence-electron chi connectivity index (χ4n) is 2.32. The van der Waals surface area contributed by atoms with E-state index in [0.29, 0.717) is 17.0 Å².